The van der Waals surface area contributed by atoms with Crippen LogP contribution < -0.4 is 10.6 Å². The first kappa shape index (κ1) is 11.5. The third-order valence-corrected chi connectivity index (χ3v) is 2.35. The van der Waals surface area contributed by atoms with Gasteiger partial charge in [-0.15, -0.1) is 0 Å². The topological polar surface area (TPSA) is 66.0 Å². The summed E-state index contributed by atoms with van der Waals surface area (Å²) in [6.45, 7) is 3.12. The van der Waals surface area contributed by atoms with Gasteiger partial charge in [0.1, 0.15) is 5.84 Å². The molecule has 0 spiro atoms. The molecule has 0 atom stereocenters. The number of nitrogens with zero attached hydrogens (tertiary/aromatic N) is 2. The van der Waals surface area contributed by atoms with Crippen molar-refractivity contribution in [3.05, 3.63) is 24.0 Å². The molecule has 0 radical (unpaired) electrons. The van der Waals surface area contributed by atoms with Gasteiger partial charge in [-0.2, -0.15) is 0 Å². The Hall–Kier alpha value is -1.58. The number of amidine groups is 1. The summed E-state index contributed by atoms with van der Waals surface area (Å²) < 4.78 is 0. The van der Waals surface area contributed by atoms with Gasteiger partial charge < -0.3 is 10.6 Å². The van der Waals surface area contributed by atoms with E-state index in [1.807, 2.05) is 7.05 Å². The molecular formula is C11H18N4. The zero-order valence-corrected chi connectivity index (χ0v) is 9.33. The number of rotatable bonds is 5. The maximum atomic E-state index is 7.47. The van der Waals surface area contributed by atoms with E-state index in [1.54, 1.807) is 18.5 Å². The molecule has 3 N–H and O–H groups in total. The number of aromatic nitrogens is 1. The Labute approximate surface area is 90.6 Å². The first-order chi connectivity index (χ1) is 7.16. The van der Waals surface area contributed by atoms with E-state index in [-0.39, 0.29) is 5.84 Å². The molecule has 0 aliphatic heterocycles. The average Bonchev–Trinajstić information content (AvgIpc) is 2.25. The van der Waals surface area contributed by atoms with Crippen LogP contribution in [0.4, 0.5) is 5.69 Å². The van der Waals surface area contributed by atoms with Crippen LogP contribution in [0.25, 0.3) is 0 Å². The minimum Gasteiger partial charge on any atom is -0.384 e. The largest absolute Gasteiger partial charge is 0.384 e. The Balaban J connectivity index is 2.87. The smallest absolute Gasteiger partial charge is 0.125 e. The standard InChI is InChI=1S/C11H18N4/c1-3-4-7-15(2)10-8-14-6-5-9(10)11(12)13/h5-6,8H,3-4,7H2,1-2H3,(H3,12,13). The lowest BCUT2D eigenvalue weighted by Gasteiger charge is -2.21. The summed E-state index contributed by atoms with van der Waals surface area (Å²) in [6.07, 6.45) is 5.70. The van der Waals surface area contributed by atoms with Crippen LogP contribution in [0.2, 0.25) is 0 Å². The highest BCUT2D eigenvalue weighted by Crippen LogP contribution is 2.17. The van der Waals surface area contributed by atoms with Gasteiger partial charge in [0, 0.05) is 25.4 Å². The fourth-order valence-corrected chi connectivity index (χ4v) is 1.43. The Bertz CT molecular complexity index is 335. The number of nitrogens with two attached hydrogens (primary N) is 1. The third kappa shape index (κ3) is 2.94. The highest BCUT2D eigenvalue weighted by Gasteiger charge is 2.08. The number of hydrogen-bond acceptors (Lipinski definition) is 3. The lowest BCUT2D eigenvalue weighted by atomic mass is 10.2. The minimum atomic E-state index is 0.0933. The van der Waals surface area contributed by atoms with Crippen molar-refractivity contribution >= 4 is 11.5 Å². The fourth-order valence-electron chi connectivity index (χ4n) is 1.43. The van der Waals surface area contributed by atoms with Gasteiger partial charge in [-0.3, -0.25) is 10.4 Å². The van der Waals surface area contributed by atoms with Crippen LogP contribution in [0, 0.1) is 5.41 Å². The van der Waals surface area contributed by atoms with E-state index < -0.39 is 0 Å². The van der Waals surface area contributed by atoms with E-state index in [9.17, 15) is 0 Å². The maximum absolute atomic E-state index is 7.47. The van der Waals surface area contributed by atoms with Gasteiger partial charge >= 0.3 is 0 Å². The lowest BCUT2D eigenvalue weighted by molar-refractivity contribution is 0.765. The molecule has 0 bridgehead atoms. The fraction of sp³-hybridized carbons (Fsp3) is 0.455. The summed E-state index contributed by atoms with van der Waals surface area (Å²) in [5, 5.41) is 7.47. The highest BCUT2D eigenvalue weighted by atomic mass is 15.1. The van der Waals surface area contributed by atoms with Gasteiger partial charge in [-0.25, -0.2) is 0 Å². The van der Waals surface area contributed by atoms with Crippen molar-refractivity contribution in [1.82, 2.24) is 4.98 Å². The zero-order valence-electron chi connectivity index (χ0n) is 9.33. The van der Waals surface area contributed by atoms with Crippen LogP contribution in [-0.2, 0) is 0 Å². The average molecular weight is 206 g/mol. The molecule has 1 aromatic heterocycles. The van der Waals surface area contributed by atoms with Crippen LogP contribution in [0.1, 0.15) is 25.3 Å². The summed E-state index contributed by atoms with van der Waals surface area (Å²) in [6, 6.07) is 1.78. The summed E-state index contributed by atoms with van der Waals surface area (Å²) >= 11 is 0. The van der Waals surface area contributed by atoms with Crippen LogP contribution in [-0.4, -0.2) is 24.4 Å². The molecule has 0 aliphatic carbocycles. The second-order valence-corrected chi connectivity index (χ2v) is 3.58. The van der Waals surface area contributed by atoms with Crippen molar-refractivity contribution < 1.29 is 0 Å². The first-order valence-electron chi connectivity index (χ1n) is 5.16. The van der Waals surface area contributed by atoms with E-state index in [0.717, 1.165) is 30.6 Å². The van der Waals surface area contributed by atoms with Crippen molar-refractivity contribution in [2.75, 3.05) is 18.5 Å². The maximum Gasteiger partial charge on any atom is 0.125 e. The van der Waals surface area contributed by atoms with Gasteiger partial charge in [0.25, 0.3) is 0 Å². The molecule has 0 aromatic carbocycles. The molecule has 1 heterocycles. The van der Waals surface area contributed by atoms with E-state index in [2.05, 4.69) is 16.8 Å². The van der Waals surface area contributed by atoms with Crippen molar-refractivity contribution in [2.45, 2.75) is 19.8 Å². The number of nitrogen functional groups attached to an aromatic ring is 1. The molecule has 0 amide bonds. The van der Waals surface area contributed by atoms with Gasteiger partial charge in [-0.1, -0.05) is 13.3 Å². The second kappa shape index (κ2) is 5.34. The first-order valence-corrected chi connectivity index (χ1v) is 5.16. The quantitative estimate of drug-likeness (QED) is 0.568. The SMILES string of the molecule is CCCCN(C)c1cnccc1C(=N)N. The molecule has 4 heteroatoms. The minimum absolute atomic E-state index is 0.0933. The van der Waals surface area contributed by atoms with E-state index in [4.69, 9.17) is 11.1 Å². The van der Waals surface area contributed by atoms with Gasteiger partial charge in [0.2, 0.25) is 0 Å². The molecule has 1 aromatic rings. The Morgan fingerprint density at radius 3 is 2.93 bits per heavy atom. The number of pyridine rings is 1. The molecule has 4 nitrogen and oxygen atoms in total. The van der Waals surface area contributed by atoms with Crippen LogP contribution in [0.15, 0.2) is 18.5 Å². The van der Waals surface area contributed by atoms with E-state index in [1.165, 1.54) is 0 Å². The predicted octanol–water partition coefficient (Wildman–Crippen LogP) is 1.60. The summed E-state index contributed by atoms with van der Waals surface area (Å²) in [5.41, 5.74) is 7.19. The molecule has 0 aliphatic rings. The number of nitrogens with one attached hydrogen (secondary N) is 1. The van der Waals surface area contributed by atoms with Gasteiger partial charge in [0.05, 0.1) is 11.9 Å². The Kier molecular flexibility index (Phi) is 4.09. The van der Waals surface area contributed by atoms with Crippen molar-refractivity contribution in [3.8, 4) is 0 Å². The highest BCUT2D eigenvalue weighted by molar-refractivity contribution is 6.00. The van der Waals surface area contributed by atoms with Crippen LogP contribution in [0.5, 0.6) is 0 Å². The molecular weight excluding hydrogens is 188 g/mol. The van der Waals surface area contributed by atoms with Crippen LogP contribution in [0.3, 0.4) is 0 Å². The van der Waals surface area contributed by atoms with E-state index in [0.29, 0.717) is 0 Å². The van der Waals surface area contributed by atoms with E-state index >= 15 is 0 Å². The molecule has 0 fully saturated rings. The molecule has 1 rings (SSSR count). The van der Waals surface area contributed by atoms with Crippen molar-refractivity contribution in [1.29, 1.82) is 5.41 Å². The predicted molar refractivity (Wildman–Crippen MR) is 63.4 cm³/mol. The third-order valence-electron chi connectivity index (χ3n) is 2.35. The Morgan fingerprint density at radius 2 is 2.33 bits per heavy atom. The monoisotopic (exact) mass is 206 g/mol. The normalized spacial score (nSPS) is 10.0. The zero-order chi connectivity index (χ0) is 11.3. The molecule has 0 saturated heterocycles. The summed E-state index contributed by atoms with van der Waals surface area (Å²) in [7, 11) is 2.00. The van der Waals surface area contributed by atoms with Crippen molar-refractivity contribution in [2.24, 2.45) is 5.73 Å². The second-order valence-electron chi connectivity index (χ2n) is 3.58. The number of hydrogen-bond donors (Lipinski definition) is 2. The van der Waals surface area contributed by atoms with Gasteiger partial charge in [-0.05, 0) is 12.5 Å². The number of anilines is 1. The number of unbranched alkanes of at least 4 members (excludes halogenated alkanes) is 1. The Morgan fingerprint density at radius 1 is 1.60 bits per heavy atom. The molecule has 82 valence electrons. The van der Waals surface area contributed by atoms with Gasteiger partial charge in [0.15, 0.2) is 0 Å². The molecule has 15 heavy (non-hydrogen) atoms. The lowest BCUT2D eigenvalue weighted by Crippen LogP contribution is -2.23. The van der Waals surface area contributed by atoms with Crippen molar-refractivity contribution in [3.63, 3.8) is 0 Å². The summed E-state index contributed by atoms with van der Waals surface area (Å²) in [5.74, 6) is 0.0933. The van der Waals surface area contributed by atoms with Crippen LogP contribution >= 0.6 is 0 Å². The summed E-state index contributed by atoms with van der Waals surface area (Å²) in [4.78, 5) is 6.15. The molecule has 0 unspecified atom stereocenters. The molecule has 0 saturated carbocycles.